The van der Waals surface area contributed by atoms with Crippen LogP contribution in [0.2, 0.25) is 0 Å². The second kappa shape index (κ2) is 7.12. The molecule has 0 aromatic carbocycles. The maximum absolute atomic E-state index is 12.2. The minimum atomic E-state index is -0.581. The smallest absolute Gasteiger partial charge is 0.404 e. The summed E-state index contributed by atoms with van der Waals surface area (Å²) in [5, 5.41) is 21.5. The van der Waals surface area contributed by atoms with Gasteiger partial charge in [0.25, 0.3) is 5.91 Å². The highest BCUT2D eigenvalue weighted by Gasteiger charge is 2.20. The zero-order chi connectivity index (χ0) is 18.8. The van der Waals surface area contributed by atoms with Gasteiger partial charge < -0.3 is 19.8 Å². The van der Waals surface area contributed by atoms with E-state index in [9.17, 15) is 14.9 Å². The van der Waals surface area contributed by atoms with Crippen LogP contribution in [0.3, 0.4) is 0 Å². The summed E-state index contributed by atoms with van der Waals surface area (Å²) in [5.74, 6) is -0.0200. The third-order valence-electron chi connectivity index (χ3n) is 3.85. The molecule has 0 fully saturated rings. The molecule has 11 heteroatoms. The maximum atomic E-state index is 12.2. The number of nitrogens with one attached hydrogen (secondary N) is 1. The third kappa shape index (κ3) is 3.67. The first-order valence-corrected chi connectivity index (χ1v) is 8.36. The first kappa shape index (κ1) is 17.9. The summed E-state index contributed by atoms with van der Waals surface area (Å²) >= 11 is 3.08. The summed E-state index contributed by atoms with van der Waals surface area (Å²) in [4.78, 5) is 22.4. The summed E-state index contributed by atoms with van der Waals surface area (Å²) in [6.45, 7) is 2.43. The fourth-order valence-corrected chi connectivity index (χ4v) is 2.78. The highest BCUT2D eigenvalue weighted by atomic mass is 79.9. The summed E-state index contributed by atoms with van der Waals surface area (Å²) in [6.07, 6.45) is 3.18. The lowest BCUT2D eigenvalue weighted by Crippen LogP contribution is -2.22. The van der Waals surface area contributed by atoms with Crippen LogP contribution < -0.4 is 5.32 Å². The van der Waals surface area contributed by atoms with E-state index in [0.717, 1.165) is 11.3 Å². The molecule has 3 aromatic rings. The molecular weight excluding hydrogens is 408 g/mol. The van der Waals surface area contributed by atoms with Gasteiger partial charge in [0.15, 0.2) is 5.76 Å². The molecule has 0 atom stereocenters. The molecule has 0 aliphatic rings. The average Bonchev–Trinajstić information content (AvgIpc) is 3.28. The molecule has 0 unspecified atom stereocenters. The van der Waals surface area contributed by atoms with Gasteiger partial charge in [-0.1, -0.05) is 0 Å². The first-order chi connectivity index (χ1) is 12.3. The fraction of sp³-hybridized carbons (Fsp3) is 0.267. The van der Waals surface area contributed by atoms with Crippen molar-refractivity contribution in [1.29, 1.82) is 0 Å². The van der Waals surface area contributed by atoms with Crippen LogP contribution in [0.15, 0.2) is 33.4 Å². The third-order valence-corrected chi connectivity index (χ3v) is 4.41. The molecule has 0 radical (unpaired) electrons. The van der Waals surface area contributed by atoms with Crippen molar-refractivity contribution in [3.05, 3.63) is 61.9 Å². The lowest BCUT2D eigenvalue weighted by Gasteiger charge is -2.03. The van der Waals surface area contributed by atoms with Crippen molar-refractivity contribution in [2.75, 3.05) is 0 Å². The summed E-state index contributed by atoms with van der Waals surface area (Å²) in [6, 6.07) is 3.18. The van der Waals surface area contributed by atoms with Gasteiger partial charge in [-0.25, -0.2) is 0 Å². The Morgan fingerprint density at radius 3 is 2.85 bits per heavy atom. The van der Waals surface area contributed by atoms with Gasteiger partial charge in [0, 0.05) is 24.8 Å². The SMILES string of the molecule is Cc1c(CNC(=O)c2ccc(Cn3cc(Br)c([N+](=O)[O-])n3)o2)cnn1C. The van der Waals surface area contributed by atoms with Gasteiger partial charge in [-0.3, -0.25) is 9.48 Å². The first-order valence-electron chi connectivity index (χ1n) is 7.57. The molecular formula is C15H15BrN6O4. The van der Waals surface area contributed by atoms with Crippen LogP contribution in [-0.2, 0) is 20.1 Å². The Morgan fingerprint density at radius 2 is 2.23 bits per heavy atom. The molecule has 3 aromatic heterocycles. The van der Waals surface area contributed by atoms with Gasteiger partial charge in [-0.2, -0.15) is 9.78 Å². The molecule has 0 saturated heterocycles. The minimum Gasteiger partial charge on any atom is -0.454 e. The van der Waals surface area contributed by atoms with Gasteiger partial charge in [-0.15, -0.1) is 0 Å². The fourth-order valence-electron chi connectivity index (χ4n) is 2.32. The molecule has 1 amide bonds. The monoisotopic (exact) mass is 422 g/mol. The lowest BCUT2D eigenvalue weighted by molar-refractivity contribution is -0.390. The van der Waals surface area contributed by atoms with Crippen LogP contribution in [0.1, 0.15) is 27.6 Å². The van der Waals surface area contributed by atoms with Crippen LogP contribution in [0.25, 0.3) is 0 Å². The van der Waals surface area contributed by atoms with Crippen LogP contribution in [-0.4, -0.2) is 30.4 Å². The Bertz CT molecular complexity index is 973. The van der Waals surface area contributed by atoms with Gasteiger partial charge in [-0.05, 0) is 39.9 Å². The van der Waals surface area contributed by atoms with Gasteiger partial charge >= 0.3 is 5.82 Å². The van der Waals surface area contributed by atoms with E-state index in [1.165, 1.54) is 10.9 Å². The second-order valence-corrected chi connectivity index (χ2v) is 6.44. The summed E-state index contributed by atoms with van der Waals surface area (Å²) < 4.78 is 8.87. The van der Waals surface area contributed by atoms with E-state index >= 15 is 0 Å². The number of aryl methyl sites for hydroxylation is 1. The van der Waals surface area contributed by atoms with Gasteiger partial charge in [0.1, 0.15) is 16.8 Å². The Kier molecular flexibility index (Phi) is 4.89. The topological polar surface area (TPSA) is 121 Å². The number of halogens is 1. The van der Waals surface area contributed by atoms with E-state index < -0.39 is 4.92 Å². The number of rotatable bonds is 6. The Hall–Kier alpha value is -2.95. The van der Waals surface area contributed by atoms with Crippen molar-refractivity contribution in [2.24, 2.45) is 7.05 Å². The Balaban J connectivity index is 1.63. The molecule has 10 nitrogen and oxygen atoms in total. The summed E-state index contributed by atoms with van der Waals surface area (Å²) in [5.41, 5.74) is 1.89. The number of aromatic nitrogens is 4. The molecule has 0 aliphatic heterocycles. The quantitative estimate of drug-likeness (QED) is 0.479. The summed E-state index contributed by atoms with van der Waals surface area (Å²) in [7, 11) is 1.83. The molecule has 1 N–H and O–H groups in total. The number of furan rings is 1. The number of carbonyl (C=O) groups is 1. The van der Waals surface area contributed by atoms with Crippen molar-refractivity contribution in [1.82, 2.24) is 24.9 Å². The highest BCUT2D eigenvalue weighted by Crippen LogP contribution is 2.22. The van der Waals surface area contributed by atoms with Crippen molar-refractivity contribution in [2.45, 2.75) is 20.0 Å². The Labute approximate surface area is 156 Å². The second-order valence-electron chi connectivity index (χ2n) is 5.58. The predicted molar refractivity (Wildman–Crippen MR) is 93.5 cm³/mol. The zero-order valence-corrected chi connectivity index (χ0v) is 15.6. The molecule has 0 bridgehead atoms. The largest absolute Gasteiger partial charge is 0.454 e. The molecule has 0 spiro atoms. The highest BCUT2D eigenvalue weighted by molar-refractivity contribution is 9.10. The number of amides is 1. The van der Waals surface area contributed by atoms with E-state index in [1.807, 2.05) is 14.0 Å². The number of carbonyl (C=O) groups excluding carboxylic acids is 1. The molecule has 136 valence electrons. The van der Waals surface area contributed by atoms with Gasteiger partial charge in [0.05, 0.1) is 17.5 Å². The van der Waals surface area contributed by atoms with Crippen LogP contribution in [0, 0.1) is 17.0 Å². The number of hydrogen-bond acceptors (Lipinski definition) is 6. The molecule has 3 rings (SSSR count). The lowest BCUT2D eigenvalue weighted by atomic mass is 10.2. The van der Waals surface area contributed by atoms with Crippen molar-refractivity contribution in [3.8, 4) is 0 Å². The zero-order valence-electron chi connectivity index (χ0n) is 14.0. The number of nitro groups is 1. The Morgan fingerprint density at radius 1 is 1.46 bits per heavy atom. The van der Waals surface area contributed by atoms with Crippen LogP contribution in [0.4, 0.5) is 5.82 Å². The normalized spacial score (nSPS) is 10.9. The van der Waals surface area contributed by atoms with E-state index in [-0.39, 0.29) is 28.5 Å². The van der Waals surface area contributed by atoms with Crippen LogP contribution in [0.5, 0.6) is 0 Å². The van der Waals surface area contributed by atoms with E-state index in [0.29, 0.717) is 12.3 Å². The van der Waals surface area contributed by atoms with E-state index in [4.69, 9.17) is 4.42 Å². The van der Waals surface area contributed by atoms with E-state index in [2.05, 4.69) is 31.4 Å². The minimum absolute atomic E-state index is 0.155. The van der Waals surface area contributed by atoms with Crippen molar-refractivity contribution < 1.29 is 14.1 Å². The van der Waals surface area contributed by atoms with Crippen molar-refractivity contribution >= 4 is 27.7 Å². The van der Waals surface area contributed by atoms with Crippen molar-refractivity contribution in [3.63, 3.8) is 0 Å². The molecule has 26 heavy (non-hydrogen) atoms. The number of nitrogens with zero attached hydrogens (tertiary/aromatic N) is 5. The standard InChI is InChI=1S/C15H15BrN6O4/c1-9-10(6-18-20(9)2)5-17-15(23)13-4-3-11(26-13)7-21-8-12(16)14(19-21)22(24)25/h3-4,6,8H,5,7H2,1-2H3,(H,17,23). The van der Waals surface area contributed by atoms with Gasteiger partial charge in [0.2, 0.25) is 0 Å². The van der Waals surface area contributed by atoms with E-state index in [1.54, 1.807) is 23.0 Å². The predicted octanol–water partition coefficient (Wildman–Crippen LogP) is 2.17. The average molecular weight is 423 g/mol. The molecule has 3 heterocycles. The van der Waals surface area contributed by atoms with Crippen LogP contribution >= 0.6 is 15.9 Å². The number of hydrogen-bond donors (Lipinski definition) is 1. The molecule has 0 aliphatic carbocycles. The molecule has 0 saturated carbocycles. The maximum Gasteiger partial charge on any atom is 0.404 e.